The first-order chi connectivity index (χ1) is 30.4. The van der Waals surface area contributed by atoms with E-state index in [1.807, 2.05) is 104 Å². The van der Waals surface area contributed by atoms with Gasteiger partial charge in [0.05, 0.1) is 29.7 Å². The van der Waals surface area contributed by atoms with Gasteiger partial charge in [-0.1, -0.05) is 112 Å². The summed E-state index contributed by atoms with van der Waals surface area (Å²) in [5.74, 6) is 0.771. The first-order valence-corrected chi connectivity index (χ1v) is 29.8. The van der Waals surface area contributed by atoms with Crippen molar-refractivity contribution in [3.63, 3.8) is 0 Å². The van der Waals surface area contributed by atoms with E-state index in [2.05, 4.69) is 62.4 Å². The zero-order valence-electron chi connectivity index (χ0n) is 39.0. The first kappa shape index (κ1) is 46.6. The Labute approximate surface area is 380 Å². The van der Waals surface area contributed by atoms with Crippen LogP contribution in [-0.4, -0.2) is 115 Å². The lowest BCUT2D eigenvalue weighted by Crippen LogP contribution is -2.63. The number of rotatable bonds is 16. The van der Waals surface area contributed by atoms with E-state index in [1.54, 1.807) is 9.80 Å². The minimum atomic E-state index is -1.35. The Kier molecular flexibility index (Phi) is 14.4. The molecule has 15 heteroatoms. The molecule has 5 heterocycles. The molecule has 3 aromatic heterocycles. The van der Waals surface area contributed by atoms with Gasteiger partial charge in [0.15, 0.2) is 5.65 Å². The fourth-order valence-corrected chi connectivity index (χ4v) is 9.26. The van der Waals surface area contributed by atoms with Gasteiger partial charge in [-0.3, -0.25) is 9.88 Å². The van der Waals surface area contributed by atoms with Crippen molar-refractivity contribution in [2.24, 2.45) is 0 Å². The average Bonchev–Trinajstić information content (AvgIpc) is 3.67. The van der Waals surface area contributed by atoms with Crippen LogP contribution >= 0.6 is 0 Å². The summed E-state index contributed by atoms with van der Waals surface area (Å²) < 4.78 is 26.5. The summed E-state index contributed by atoms with van der Waals surface area (Å²) in [5, 5.41) is 4.95. The molecule has 2 aromatic carbocycles. The second-order valence-electron chi connectivity index (χ2n) is 20.3. The quantitative estimate of drug-likeness (QED) is 0.0537. The number of amides is 2. The van der Waals surface area contributed by atoms with Crippen molar-refractivity contribution in [1.29, 1.82) is 0 Å². The molecule has 64 heavy (non-hydrogen) atoms. The molecule has 5 aromatic rings. The minimum Gasteiger partial charge on any atom is -0.445 e. The number of benzene rings is 2. The highest BCUT2D eigenvalue weighted by Crippen LogP contribution is 2.37. The number of hydrogen-bond acceptors (Lipinski definition) is 10. The number of carbonyl (C=O) groups excluding carboxylic acids is 2. The van der Waals surface area contributed by atoms with Crippen LogP contribution in [0.4, 0.5) is 15.4 Å². The molecule has 13 nitrogen and oxygen atoms in total. The highest BCUT2D eigenvalue weighted by Gasteiger charge is 2.44. The zero-order valence-corrected chi connectivity index (χ0v) is 41.0. The standard InChI is InChI=1S/C49H65N7O6Si2/c1-49(2,3)62-48(58)55-40-26-39(27-41(55)32-53(31-40)47(57)61-33-36-16-12-10-13-17-36)44-28-45(54(34-59-22-24-63(4,5)6)35-60-23-25-64(7,8)9)56-46(52-44)42(30-51-56)38-20-21-43(50-29-38)37-18-14-11-15-19-37/h10-21,26,28-30,40-41H,22-25,27,31-35H2,1-9H3. The summed E-state index contributed by atoms with van der Waals surface area (Å²) in [6, 6.07) is 27.1. The molecular formula is C49H65N7O6Si2. The monoisotopic (exact) mass is 903 g/mol. The molecule has 0 radical (unpaired) electrons. The Morgan fingerprint density at radius 1 is 0.781 bits per heavy atom. The number of carbonyl (C=O) groups is 2. The molecule has 0 spiro atoms. The number of fused-ring (bicyclic) bond motifs is 3. The molecule has 2 bridgehead atoms. The molecule has 2 aliphatic heterocycles. The summed E-state index contributed by atoms with van der Waals surface area (Å²) in [6.07, 6.45) is 5.37. The lowest BCUT2D eigenvalue weighted by atomic mass is 9.90. The summed E-state index contributed by atoms with van der Waals surface area (Å²) in [6.45, 7) is 22.3. The fraction of sp³-hybridized carbons (Fsp3) is 0.449. The molecular weight excluding hydrogens is 839 g/mol. The van der Waals surface area contributed by atoms with Crippen molar-refractivity contribution in [2.45, 2.75) is 103 Å². The van der Waals surface area contributed by atoms with E-state index in [0.29, 0.717) is 38.7 Å². The number of hydrogen-bond donors (Lipinski definition) is 0. The van der Waals surface area contributed by atoms with Crippen LogP contribution in [0, 0.1) is 0 Å². The third-order valence-corrected chi connectivity index (χ3v) is 14.7. The molecule has 0 N–H and O–H groups in total. The smallest absolute Gasteiger partial charge is 0.411 e. The van der Waals surface area contributed by atoms with Crippen LogP contribution in [0.1, 0.15) is 38.4 Å². The maximum atomic E-state index is 13.9. The van der Waals surface area contributed by atoms with Gasteiger partial charge in [-0.25, -0.2) is 14.6 Å². The predicted molar refractivity (Wildman–Crippen MR) is 259 cm³/mol. The van der Waals surface area contributed by atoms with Crippen molar-refractivity contribution in [2.75, 3.05) is 44.7 Å². The Hall–Kier alpha value is -5.36. The molecule has 0 aliphatic carbocycles. The van der Waals surface area contributed by atoms with Gasteiger partial charge in [0, 0.05) is 71.4 Å². The Balaban J connectivity index is 1.28. The Bertz CT molecular complexity index is 2370. The largest absolute Gasteiger partial charge is 0.445 e. The SMILES string of the molecule is CC(C)(C)OC(=O)N1C2C=C(c3cc(N(COCC[Si](C)(C)C)COCC[Si](C)(C)C)n4ncc(-c5ccc(-c6ccccc6)nc5)c4n3)CC1CN(C(=O)OCc1ccccc1)C2. The van der Waals surface area contributed by atoms with E-state index in [0.717, 1.165) is 57.1 Å². The van der Waals surface area contributed by atoms with Gasteiger partial charge < -0.3 is 28.7 Å². The maximum Gasteiger partial charge on any atom is 0.411 e. The number of ether oxygens (including phenoxy) is 4. The second-order valence-corrected chi connectivity index (χ2v) is 31.5. The van der Waals surface area contributed by atoms with Crippen LogP contribution in [0.15, 0.2) is 97.3 Å². The van der Waals surface area contributed by atoms with Crippen LogP contribution in [0.3, 0.4) is 0 Å². The van der Waals surface area contributed by atoms with Gasteiger partial charge in [-0.05, 0) is 56.5 Å². The van der Waals surface area contributed by atoms with Crippen LogP contribution in [0.5, 0.6) is 0 Å². The first-order valence-electron chi connectivity index (χ1n) is 22.4. The predicted octanol–water partition coefficient (Wildman–Crippen LogP) is 10.3. The molecule has 7 rings (SSSR count). The van der Waals surface area contributed by atoms with Gasteiger partial charge in [0.25, 0.3) is 0 Å². The molecule has 340 valence electrons. The molecule has 1 saturated heterocycles. The van der Waals surface area contributed by atoms with Crippen molar-refractivity contribution < 1.29 is 28.5 Å². The zero-order chi connectivity index (χ0) is 45.6. The summed E-state index contributed by atoms with van der Waals surface area (Å²) in [4.78, 5) is 43.3. The number of aromatic nitrogens is 4. The molecule has 2 unspecified atom stereocenters. The van der Waals surface area contributed by atoms with E-state index >= 15 is 0 Å². The van der Waals surface area contributed by atoms with Crippen molar-refractivity contribution in [3.8, 4) is 22.4 Å². The number of pyridine rings is 1. The molecule has 2 aliphatic rings. The average molecular weight is 904 g/mol. The van der Waals surface area contributed by atoms with Gasteiger partial charge in [0.1, 0.15) is 31.5 Å². The second kappa shape index (κ2) is 19.8. The third-order valence-electron chi connectivity index (χ3n) is 11.2. The van der Waals surface area contributed by atoms with Crippen molar-refractivity contribution >= 4 is 45.4 Å². The lowest BCUT2D eigenvalue weighted by molar-refractivity contribution is -0.0158. The summed E-state index contributed by atoms with van der Waals surface area (Å²) in [5.41, 5.74) is 6.18. The summed E-state index contributed by atoms with van der Waals surface area (Å²) in [7, 11) is -2.70. The maximum absolute atomic E-state index is 13.9. The van der Waals surface area contributed by atoms with Gasteiger partial charge in [-0.2, -0.15) is 9.61 Å². The van der Waals surface area contributed by atoms with Crippen LogP contribution in [0.2, 0.25) is 51.4 Å². The van der Waals surface area contributed by atoms with Crippen LogP contribution < -0.4 is 4.90 Å². The van der Waals surface area contributed by atoms with Gasteiger partial charge in [-0.15, -0.1) is 0 Å². The molecule has 2 atom stereocenters. The van der Waals surface area contributed by atoms with E-state index in [4.69, 9.17) is 34.0 Å². The lowest BCUT2D eigenvalue weighted by Gasteiger charge is -2.48. The number of anilines is 1. The van der Waals surface area contributed by atoms with Crippen LogP contribution in [0.25, 0.3) is 33.6 Å². The Morgan fingerprint density at radius 2 is 1.44 bits per heavy atom. The van der Waals surface area contributed by atoms with E-state index < -0.39 is 46.0 Å². The van der Waals surface area contributed by atoms with E-state index in [-0.39, 0.29) is 19.7 Å². The van der Waals surface area contributed by atoms with Crippen LogP contribution in [-0.2, 0) is 25.6 Å². The number of piperazine rings is 1. The highest BCUT2D eigenvalue weighted by molar-refractivity contribution is 6.76. The third kappa shape index (κ3) is 12.3. The van der Waals surface area contributed by atoms with E-state index in [1.165, 1.54) is 0 Å². The van der Waals surface area contributed by atoms with Crippen molar-refractivity contribution in [3.05, 3.63) is 109 Å². The highest BCUT2D eigenvalue weighted by atomic mass is 28.3. The van der Waals surface area contributed by atoms with Gasteiger partial charge in [0.2, 0.25) is 0 Å². The summed E-state index contributed by atoms with van der Waals surface area (Å²) >= 11 is 0. The fourth-order valence-electron chi connectivity index (χ4n) is 7.75. The topological polar surface area (TPSA) is 124 Å². The van der Waals surface area contributed by atoms with Gasteiger partial charge >= 0.3 is 12.2 Å². The molecule has 2 amide bonds. The molecule has 1 fully saturated rings. The van der Waals surface area contributed by atoms with Crippen molar-refractivity contribution in [1.82, 2.24) is 29.4 Å². The Morgan fingerprint density at radius 3 is 2.03 bits per heavy atom. The minimum absolute atomic E-state index is 0.160. The normalized spacial score (nSPS) is 16.7. The molecule has 0 saturated carbocycles. The number of nitrogens with zero attached hydrogens (tertiary/aromatic N) is 7. The van der Waals surface area contributed by atoms with E-state index in [9.17, 15) is 9.59 Å².